The van der Waals surface area contributed by atoms with E-state index in [4.69, 9.17) is 25.5 Å². The average Bonchev–Trinajstić information content (AvgIpc) is 3.12. The summed E-state index contributed by atoms with van der Waals surface area (Å²) in [4.78, 5) is 34.2. The zero-order valence-electron chi connectivity index (χ0n) is 47.0. The average molecular weight is 926 g/mol. The maximum Gasteiger partial charge on any atom is 0.303 e. The van der Waals surface area contributed by atoms with Gasteiger partial charge in [-0.1, -0.05) is 163 Å². The van der Waals surface area contributed by atoms with Crippen molar-refractivity contribution in [2.24, 2.45) is 47.3 Å². The van der Waals surface area contributed by atoms with Crippen LogP contribution in [0.3, 0.4) is 0 Å². The number of rotatable bonds is 27. The van der Waals surface area contributed by atoms with Gasteiger partial charge < -0.3 is 35.3 Å². The van der Waals surface area contributed by atoms with Crippen molar-refractivity contribution in [1.29, 1.82) is 0 Å². The predicted octanol–water partition coefficient (Wildman–Crippen LogP) is 14.5. The van der Waals surface area contributed by atoms with Crippen molar-refractivity contribution < 1.29 is 39.9 Å². The van der Waals surface area contributed by atoms with E-state index in [0.717, 1.165) is 62.2 Å². The Bertz CT molecular complexity index is 855. The highest BCUT2D eigenvalue weighted by molar-refractivity contribution is 5.67. The summed E-state index contributed by atoms with van der Waals surface area (Å²) < 4.78 is 0. The molecule has 0 aliphatic heterocycles. The van der Waals surface area contributed by atoms with Crippen LogP contribution in [0.5, 0.6) is 0 Å². The molecule has 10 heteroatoms. The van der Waals surface area contributed by atoms with Gasteiger partial charge in [-0.15, -0.1) is 0 Å². The number of nitrogens with zero attached hydrogens (tertiary/aromatic N) is 2. The van der Waals surface area contributed by atoms with Gasteiger partial charge in [0.15, 0.2) is 0 Å². The van der Waals surface area contributed by atoms with Gasteiger partial charge in [-0.05, 0) is 140 Å². The molecule has 0 aliphatic carbocycles. The smallest absolute Gasteiger partial charge is 0.303 e. The Hall–Kier alpha value is -1.75. The number of carbonyl (C=O) groups is 3. The number of aliphatic hydroxyl groups excluding tert-OH is 2. The molecule has 0 aromatic rings. The SMILES string of the molecule is CC(C)CC(=O)O.CC(C)CCC(=O)O.CC(C)CCCC(=O)O.CC(C)CCCCN(C)C.CC(C)CCCN(C)C.CC(C)CCCO.CC(C)CCO.CCCCCC(C)C. The third-order valence-corrected chi connectivity index (χ3v) is 8.75. The molecule has 0 spiro atoms. The molecule has 0 saturated heterocycles. The number of aliphatic carboxylic acids is 3. The fourth-order valence-corrected chi connectivity index (χ4v) is 4.78. The normalized spacial score (nSPS) is 10.5. The van der Waals surface area contributed by atoms with Crippen LogP contribution in [-0.4, -0.2) is 108 Å². The Balaban J connectivity index is -0.0000000937. The fraction of sp³-hybridized carbons (Fsp3) is 0.944. The highest BCUT2D eigenvalue weighted by Gasteiger charge is 2.00. The van der Waals surface area contributed by atoms with Gasteiger partial charge >= 0.3 is 17.9 Å². The third kappa shape index (κ3) is 145. The van der Waals surface area contributed by atoms with Gasteiger partial charge in [-0.3, -0.25) is 14.4 Å². The van der Waals surface area contributed by atoms with Gasteiger partial charge in [0.2, 0.25) is 0 Å². The topological polar surface area (TPSA) is 159 Å². The van der Waals surface area contributed by atoms with Crippen molar-refractivity contribution in [2.75, 3.05) is 54.5 Å². The maximum absolute atomic E-state index is 9.98. The number of carboxylic acids is 3. The maximum atomic E-state index is 9.98. The molecule has 0 fully saturated rings. The van der Waals surface area contributed by atoms with E-state index in [1.54, 1.807) is 0 Å². The van der Waals surface area contributed by atoms with Crippen LogP contribution < -0.4 is 0 Å². The van der Waals surface area contributed by atoms with Crippen LogP contribution >= 0.6 is 0 Å². The van der Waals surface area contributed by atoms with E-state index in [-0.39, 0.29) is 12.3 Å². The fourth-order valence-electron chi connectivity index (χ4n) is 4.78. The zero-order valence-corrected chi connectivity index (χ0v) is 47.0. The molecule has 0 amide bonds. The van der Waals surface area contributed by atoms with Gasteiger partial charge in [0.05, 0.1) is 0 Å². The second-order valence-corrected chi connectivity index (χ2v) is 21.1. The molecule has 394 valence electrons. The summed E-state index contributed by atoms with van der Waals surface area (Å²) >= 11 is 0. The number of aliphatic hydroxyl groups is 2. The second kappa shape index (κ2) is 63.3. The van der Waals surface area contributed by atoms with E-state index in [0.29, 0.717) is 43.8 Å². The minimum absolute atomic E-state index is 0.275. The van der Waals surface area contributed by atoms with Crippen molar-refractivity contribution in [1.82, 2.24) is 9.80 Å². The summed E-state index contributed by atoms with van der Waals surface area (Å²) in [7, 11) is 8.52. The molecule has 0 heterocycles. The minimum Gasteiger partial charge on any atom is -0.481 e. The molecule has 0 rings (SSSR count). The van der Waals surface area contributed by atoms with Crippen LogP contribution in [0.2, 0.25) is 0 Å². The van der Waals surface area contributed by atoms with E-state index in [1.165, 1.54) is 70.9 Å². The molecule has 0 aromatic heterocycles. The summed E-state index contributed by atoms with van der Waals surface area (Å²) in [5, 5.41) is 41.0. The van der Waals surface area contributed by atoms with Gasteiger partial charge in [-0.2, -0.15) is 0 Å². The molecular weight excluding hydrogens is 805 g/mol. The van der Waals surface area contributed by atoms with Crippen molar-refractivity contribution in [3.8, 4) is 0 Å². The molecule has 0 bridgehead atoms. The number of carboxylic acid groups (broad SMARTS) is 3. The third-order valence-electron chi connectivity index (χ3n) is 8.75. The molecule has 0 radical (unpaired) electrons. The van der Waals surface area contributed by atoms with Gasteiger partial charge in [-0.25, -0.2) is 0 Å². The lowest BCUT2D eigenvalue weighted by Crippen LogP contribution is -2.13. The summed E-state index contributed by atoms with van der Waals surface area (Å²) in [6.07, 6.45) is 19.0. The van der Waals surface area contributed by atoms with E-state index in [2.05, 4.69) is 128 Å². The molecule has 64 heavy (non-hydrogen) atoms. The monoisotopic (exact) mass is 925 g/mol. The number of hydrogen-bond donors (Lipinski definition) is 5. The van der Waals surface area contributed by atoms with Gasteiger partial charge in [0.1, 0.15) is 0 Å². The van der Waals surface area contributed by atoms with E-state index in [1.807, 2.05) is 27.7 Å². The molecule has 5 N–H and O–H groups in total. The molecule has 10 nitrogen and oxygen atoms in total. The Morgan fingerprint density at radius 2 is 0.688 bits per heavy atom. The standard InChI is InChI=1S/C9H21N.C8H19N.C8H18.C7H14O2.C6H12O2.C6H14O.C5H10O2.C5H12O/c1-9(2)7-5-6-8-10(3)4;1-8(2)6-5-7-9(3)4;1-4-5-6-7-8(2)3;1-6(2)4-3-5-7(8)9;1-5(2)3-4-6(7)8;1-6(2)4-3-5-7;1-4(2)3-5(6)7;1-5(2)3-4-6/h9H,5-8H2,1-4H3;8H,5-7H2,1-4H3;8H,4-7H2,1-3H3;6H,3-5H2,1-2H3,(H,8,9);5H,3-4H2,1-2H3,(H,7,8);6-7H,3-5H2,1-2H3;4H,3H2,1-2H3,(H,6,7);5-6H,3-4H2,1-2H3. The van der Waals surface area contributed by atoms with Gasteiger partial charge in [0.25, 0.3) is 0 Å². The lowest BCUT2D eigenvalue weighted by atomic mass is 10.1. The number of unbranched alkanes of at least 4 members (excludes halogenated alkanes) is 3. The van der Waals surface area contributed by atoms with E-state index < -0.39 is 17.9 Å². The molecule has 0 unspecified atom stereocenters. The lowest BCUT2D eigenvalue weighted by Gasteiger charge is -2.09. The molecular formula is C54H120N2O8. The first-order chi connectivity index (χ1) is 29.4. The van der Waals surface area contributed by atoms with E-state index in [9.17, 15) is 14.4 Å². The largest absolute Gasteiger partial charge is 0.481 e. The lowest BCUT2D eigenvalue weighted by molar-refractivity contribution is -0.138. The van der Waals surface area contributed by atoms with Crippen LogP contribution in [-0.2, 0) is 14.4 Å². The van der Waals surface area contributed by atoms with Crippen LogP contribution in [0.4, 0.5) is 0 Å². The Labute approximate surface area is 401 Å². The Morgan fingerprint density at radius 3 is 0.906 bits per heavy atom. The van der Waals surface area contributed by atoms with E-state index >= 15 is 0 Å². The first-order valence-corrected chi connectivity index (χ1v) is 25.6. The predicted molar refractivity (Wildman–Crippen MR) is 282 cm³/mol. The van der Waals surface area contributed by atoms with Crippen LogP contribution in [0.1, 0.15) is 233 Å². The first-order valence-electron chi connectivity index (χ1n) is 25.6. The van der Waals surface area contributed by atoms with Crippen LogP contribution in [0.25, 0.3) is 0 Å². The van der Waals surface area contributed by atoms with Crippen molar-refractivity contribution in [2.45, 2.75) is 233 Å². The molecule has 0 aromatic carbocycles. The Morgan fingerprint density at radius 1 is 0.359 bits per heavy atom. The van der Waals surface area contributed by atoms with Gasteiger partial charge in [0, 0.05) is 32.5 Å². The first kappa shape index (κ1) is 79.4. The van der Waals surface area contributed by atoms with Crippen LogP contribution in [0, 0.1) is 47.3 Å². The summed E-state index contributed by atoms with van der Waals surface area (Å²) in [6.45, 7) is 39.6. The summed E-state index contributed by atoms with van der Waals surface area (Å²) in [5.74, 6) is 3.35. The molecule has 0 saturated carbocycles. The van der Waals surface area contributed by atoms with Crippen LogP contribution in [0.15, 0.2) is 0 Å². The quantitative estimate of drug-likeness (QED) is 0.0502. The number of hydrogen-bond acceptors (Lipinski definition) is 7. The summed E-state index contributed by atoms with van der Waals surface area (Å²) in [5.41, 5.74) is 0. The van der Waals surface area contributed by atoms with Crippen molar-refractivity contribution in [3.05, 3.63) is 0 Å². The minimum atomic E-state index is -0.713. The summed E-state index contributed by atoms with van der Waals surface area (Å²) in [6, 6.07) is 0. The Kier molecular flexibility index (Phi) is 78.5. The molecule has 0 atom stereocenters. The highest BCUT2D eigenvalue weighted by atomic mass is 16.4. The molecule has 0 aliphatic rings. The van der Waals surface area contributed by atoms with Crippen molar-refractivity contribution in [3.63, 3.8) is 0 Å². The highest BCUT2D eigenvalue weighted by Crippen LogP contribution is 2.08. The zero-order chi connectivity index (χ0) is 52.1. The second-order valence-electron chi connectivity index (χ2n) is 21.1. The van der Waals surface area contributed by atoms with Crippen molar-refractivity contribution >= 4 is 17.9 Å².